The van der Waals surface area contributed by atoms with Gasteiger partial charge in [0.25, 0.3) is 0 Å². The van der Waals surface area contributed by atoms with Crippen LogP contribution >= 0.6 is 0 Å². The number of nitrogens with one attached hydrogen (secondary N) is 1. The van der Waals surface area contributed by atoms with Crippen LogP contribution in [0.25, 0.3) is 6.08 Å². The summed E-state index contributed by atoms with van der Waals surface area (Å²) >= 11 is 0. The van der Waals surface area contributed by atoms with Gasteiger partial charge in [-0.25, -0.2) is 0 Å². The zero-order valence-corrected chi connectivity index (χ0v) is 5.74. The van der Waals surface area contributed by atoms with Gasteiger partial charge in [-0.05, 0) is 6.07 Å². The van der Waals surface area contributed by atoms with Gasteiger partial charge >= 0.3 is 0 Å². The van der Waals surface area contributed by atoms with E-state index in [1.807, 2.05) is 24.3 Å². The molecule has 0 aliphatic carbocycles. The van der Waals surface area contributed by atoms with E-state index in [0.29, 0.717) is 0 Å². The van der Waals surface area contributed by atoms with Gasteiger partial charge in [0.05, 0.1) is 0 Å². The number of hydrogen-bond acceptors (Lipinski definition) is 3. The topological polar surface area (TPSA) is 41.5 Å². The van der Waals surface area contributed by atoms with Gasteiger partial charge in [0, 0.05) is 11.6 Å². The number of para-hydroxylation sites is 1. The minimum absolute atomic E-state index is 0.0312. The molecule has 0 fully saturated rings. The fourth-order valence-corrected chi connectivity index (χ4v) is 0.977. The Bertz CT molecular complexity index is 307. The minimum atomic E-state index is 0.0312. The summed E-state index contributed by atoms with van der Waals surface area (Å²) < 4.78 is 0. The van der Waals surface area contributed by atoms with Gasteiger partial charge in [0.1, 0.15) is 0 Å². The molecule has 0 saturated carbocycles. The highest BCUT2D eigenvalue weighted by Gasteiger charge is 2.07. The van der Waals surface area contributed by atoms with Gasteiger partial charge in [-0.2, -0.15) is 5.48 Å². The Hall–Kier alpha value is -1.64. The molecule has 56 valence electrons. The van der Waals surface area contributed by atoms with Crippen molar-refractivity contribution < 1.29 is 9.94 Å². The minimum Gasteiger partial charge on any atom is -0.493 e. The average Bonchev–Trinajstić information content (AvgIpc) is 2.04. The number of rotatable bonds is 0. The summed E-state index contributed by atoms with van der Waals surface area (Å²) in [6, 6.07) is 7.45. The molecular weight excluding hydrogens is 142 g/mol. The molecule has 0 amide bonds. The second-order valence-corrected chi connectivity index (χ2v) is 2.27. The molecule has 3 heteroatoms. The van der Waals surface area contributed by atoms with E-state index in [1.54, 1.807) is 6.08 Å². The highest BCUT2D eigenvalue weighted by atomic mass is 16.7. The lowest BCUT2D eigenvalue weighted by molar-refractivity contribution is 0.161. The summed E-state index contributed by atoms with van der Waals surface area (Å²) in [7, 11) is 0. The van der Waals surface area contributed by atoms with E-state index in [2.05, 4.69) is 5.48 Å². The molecule has 3 nitrogen and oxygen atoms in total. The molecule has 0 unspecified atom stereocenters. The van der Waals surface area contributed by atoms with Crippen LogP contribution in [0.3, 0.4) is 0 Å². The first-order valence-electron chi connectivity index (χ1n) is 3.29. The normalized spacial score (nSPS) is 14.0. The van der Waals surface area contributed by atoms with E-state index in [9.17, 15) is 0 Å². The summed E-state index contributed by atoms with van der Waals surface area (Å²) in [4.78, 5) is 4.97. The van der Waals surface area contributed by atoms with Gasteiger partial charge in [-0.3, -0.25) is 0 Å². The number of hydroxylamine groups is 1. The summed E-state index contributed by atoms with van der Waals surface area (Å²) in [5.41, 5.74) is 3.23. The Balaban J connectivity index is 2.51. The second-order valence-electron chi connectivity index (χ2n) is 2.27. The van der Waals surface area contributed by atoms with Gasteiger partial charge in [-0.15, -0.1) is 0 Å². The molecular formula is C8H7NO2. The van der Waals surface area contributed by atoms with Crippen molar-refractivity contribution in [1.29, 1.82) is 0 Å². The first kappa shape index (κ1) is 6.09. The third-order valence-corrected chi connectivity index (χ3v) is 1.48. The summed E-state index contributed by atoms with van der Waals surface area (Å²) in [5, 5.41) is 8.98. The molecule has 0 radical (unpaired) electrons. The first-order chi connectivity index (χ1) is 5.36. The molecule has 2 N–H and O–H groups in total. The van der Waals surface area contributed by atoms with Crippen molar-refractivity contribution in [2.75, 3.05) is 0 Å². The Labute approximate surface area is 63.9 Å². The number of benzene rings is 1. The predicted molar refractivity (Wildman–Crippen MR) is 40.8 cm³/mol. The van der Waals surface area contributed by atoms with Crippen molar-refractivity contribution in [2.24, 2.45) is 0 Å². The van der Waals surface area contributed by atoms with Crippen molar-refractivity contribution in [2.45, 2.75) is 0 Å². The van der Waals surface area contributed by atoms with E-state index in [0.717, 1.165) is 11.3 Å². The number of hydrogen-bond donors (Lipinski definition) is 2. The lowest BCUT2D eigenvalue weighted by Gasteiger charge is -2.14. The molecule has 0 aromatic heterocycles. The SMILES string of the molecule is OC1=Cc2ccccc2ON1. The van der Waals surface area contributed by atoms with Gasteiger partial charge < -0.3 is 9.94 Å². The summed E-state index contributed by atoms with van der Waals surface area (Å²) in [5.74, 6) is 0.758. The maximum Gasteiger partial charge on any atom is 0.218 e. The lowest BCUT2D eigenvalue weighted by Crippen LogP contribution is -2.20. The standard InChI is InChI=1S/C8H7NO2/c10-8-5-6-3-1-2-4-7(6)11-9-8/h1-5,9-10H. The zero-order valence-electron chi connectivity index (χ0n) is 5.74. The number of aliphatic hydroxyl groups excluding tert-OH is 1. The van der Waals surface area contributed by atoms with E-state index < -0.39 is 0 Å². The molecule has 0 spiro atoms. The molecule has 1 aromatic rings. The third kappa shape index (κ3) is 1.00. The Morgan fingerprint density at radius 3 is 3.00 bits per heavy atom. The van der Waals surface area contributed by atoms with E-state index in [-0.39, 0.29) is 5.88 Å². The quantitative estimate of drug-likeness (QED) is 0.586. The third-order valence-electron chi connectivity index (χ3n) is 1.48. The van der Waals surface area contributed by atoms with Crippen LogP contribution in [0.15, 0.2) is 30.1 Å². The van der Waals surface area contributed by atoms with Crippen molar-refractivity contribution in [1.82, 2.24) is 5.48 Å². The van der Waals surface area contributed by atoms with Crippen molar-refractivity contribution >= 4 is 6.08 Å². The second kappa shape index (κ2) is 2.20. The van der Waals surface area contributed by atoms with Crippen LogP contribution in [0.4, 0.5) is 0 Å². The summed E-state index contributed by atoms with van der Waals surface area (Å²) in [6.45, 7) is 0. The van der Waals surface area contributed by atoms with Crippen LogP contribution < -0.4 is 10.3 Å². The highest BCUT2D eigenvalue weighted by Crippen LogP contribution is 2.22. The molecule has 1 aliphatic heterocycles. The number of fused-ring (bicyclic) bond motifs is 1. The lowest BCUT2D eigenvalue weighted by atomic mass is 10.2. The number of aliphatic hydroxyl groups is 1. The maximum atomic E-state index is 8.98. The zero-order chi connectivity index (χ0) is 7.68. The van der Waals surface area contributed by atoms with E-state index >= 15 is 0 Å². The highest BCUT2D eigenvalue weighted by molar-refractivity contribution is 5.59. The van der Waals surface area contributed by atoms with Crippen molar-refractivity contribution in [3.8, 4) is 5.75 Å². The van der Waals surface area contributed by atoms with Crippen LogP contribution in [0, 0.1) is 0 Å². The fraction of sp³-hybridized carbons (Fsp3) is 0. The Kier molecular flexibility index (Phi) is 1.22. The maximum absolute atomic E-state index is 8.98. The molecule has 2 rings (SSSR count). The molecule has 1 aromatic carbocycles. The van der Waals surface area contributed by atoms with Crippen molar-refractivity contribution in [3.05, 3.63) is 35.7 Å². The monoisotopic (exact) mass is 149 g/mol. The van der Waals surface area contributed by atoms with Crippen LogP contribution in [0.5, 0.6) is 5.75 Å². The summed E-state index contributed by atoms with van der Waals surface area (Å²) in [6.07, 6.45) is 1.61. The molecule has 0 bridgehead atoms. The van der Waals surface area contributed by atoms with Crippen molar-refractivity contribution in [3.63, 3.8) is 0 Å². The van der Waals surface area contributed by atoms with E-state index in [4.69, 9.17) is 9.94 Å². The van der Waals surface area contributed by atoms with Gasteiger partial charge in [0.2, 0.25) is 5.88 Å². The first-order valence-corrected chi connectivity index (χ1v) is 3.29. The van der Waals surface area contributed by atoms with E-state index in [1.165, 1.54) is 0 Å². The largest absolute Gasteiger partial charge is 0.493 e. The Morgan fingerprint density at radius 2 is 2.09 bits per heavy atom. The molecule has 1 heterocycles. The predicted octanol–water partition coefficient (Wildman–Crippen LogP) is 1.44. The Morgan fingerprint density at radius 1 is 1.27 bits per heavy atom. The van der Waals surface area contributed by atoms with Gasteiger partial charge in [0.15, 0.2) is 5.75 Å². The molecule has 11 heavy (non-hydrogen) atoms. The van der Waals surface area contributed by atoms with Crippen LogP contribution in [-0.4, -0.2) is 5.11 Å². The van der Waals surface area contributed by atoms with Crippen LogP contribution in [0.1, 0.15) is 5.56 Å². The smallest absolute Gasteiger partial charge is 0.218 e. The molecule has 0 atom stereocenters. The van der Waals surface area contributed by atoms with Crippen LogP contribution in [0.2, 0.25) is 0 Å². The molecule has 0 saturated heterocycles. The van der Waals surface area contributed by atoms with Crippen LogP contribution in [-0.2, 0) is 0 Å². The average molecular weight is 149 g/mol. The fourth-order valence-electron chi connectivity index (χ4n) is 0.977. The molecule has 1 aliphatic rings. The van der Waals surface area contributed by atoms with Gasteiger partial charge in [-0.1, -0.05) is 18.2 Å².